The van der Waals surface area contributed by atoms with Gasteiger partial charge in [-0.1, -0.05) is 17.3 Å². The van der Waals surface area contributed by atoms with E-state index in [2.05, 4.69) is 15.5 Å². The molecule has 23 heavy (non-hydrogen) atoms. The average Bonchev–Trinajstić information content (AvgIpc) is 3.08. The van der Waals surface area contributed by atoms with Crippen molar-refractivity contribution in [2.24, 2.45) is 0 Å². The molecule has 8 heteroatoms. The molecule has 0 bridgehead atoms. The Balaban J connectivity index is 0.00000192. The number of hydrogen-bond acceptors (Lipinski definition) is 6. The number of nitrogens with one attached hydrogen (secondary N) is 1. The van der Waals surface area contributed by atoms with Gasteiger partial charge in [0.15, 0.2) is 11.4 Å². The van der Waals surface area contributed by atoms with Crippen molar-refractivity contribution >= 4 is 23.5 Å². The lowest BCUT2D eigenvalue weighted by atomic mass is 10.2. The van der Waals surface area contributed by atoms with Crippen LogP contribution in [-0.2, 0) is 19.4 Å². The maximum absolute atomic E-state index is 11.9. The van der Waals surface area contributed by atoms with Crippen LogP contribution in [0.2, 0.25) is 0 Å². The lowest BCUT2D eigenvalue weighted by Crippen LogP contribution is -2.24. The number of nitrogens with zero attached hydrogens (tertiary/aromatic N) is 3. The Hall–Kier alpha value is -2.12. The Kier molecular flexibility index (Phi) is 5.57. The molecule has 7 nitrogen and oxygen atoms in total. The highest BCUT2D eigenvalue weighted by Crippen LogP contribution is 2.12. The van der Waals surface area contributed by atoms with Crippen LogP contribution in [0.15, 0.2) is 38.0 Å². The molecule has 0 radical (unpaired) electrons. The summed E-state index contributed by atoms with van der Waals surface area (Å²) < 4.78 is 12.0. The Labute approximate surface area is 139 Å². The van der Waals surface area contributed by atoms with E-state index in [1.54, 1.807) is 10.6 Å². The molecule has 0 saturated heterocycles. The van der Waals surface area contributed by atoms with Crippen molar-refractivity contribution in [2.75, 3.05) is 7.05 Å². The number of benzene rings is 1. The monoisotopic (exact) mass is 338 g/mol. The first kappa shape index (κ1) is 17.2. The number of oxazole rings is 1. The van der Waals surface area contributed by atoms with Crippen molar-refractivity contribution in [1.29, 1.82) is 0 Å². The van der Waals surface area contributed by atoms with Gasteiger partial charge in [-0.25, -0.2) is 4.79 Å². The largest absolute Gasteiger partial charge is 0.419 e. The molecule has 0 aliphatic rings. The SMILES string of the molecule is CNC(C)Cc1noc(CCn2c(=O)oc3ccccc32)n1.Cl. The van der Waals surface area contributed by atoms with Crippen LogP contribution in [0.5, 0.6) is 0 Å². The van der Waals surface area contributed by atoms with E-state index in [9.17, 15) is 4.79 Å². The number of rotatable bonds is 6. The summed E-state index contributed by atoms with van der Waals surface area (Å²) in [5, 5.41) is 7.08. The lowest BCUT2D eigenvalue weighted by Gasteiger charge is -2.04. The van der Waals surface area contributed by atoms with Crippen LogP contribution >= 0.6 is 12.4 Å². The summed E-state index contributed by atoms with van der Waals surface area (Å²) in [7, 11) is 1.89. The standard InChI is InChI=1S/C15H18N4O3.ClH/c1-10(16-2)9-13-17-14(22-18-13)7-8-19-11-5-3-4-6-12(11)21-15(19)20;/h3-6,10,16H,7-9H2,1-2H3;1H. The predicted molar refractivity (Wildman–Crippen MR) is 87.9 cm³/mol. The van der Waals surface area contributed by atoms with E-state index in [0.717, 1.165) is 5.52 Å². The van der Waals surface area contributed by atoms with Gasteiger partial charge >= 0.3 is 5.76 Å². The van der Waals surface area contributed by atoms with E-state index in [4.69, 9.17) is 8.94 Å². The van der Waals surface area contributed by atoms with Gasteiger partial charge in [0.25, 0.3) is 0 Å². The van der Waals surface area contributed by atoms with E-state index in [-0.39, 0.29) is 24.2 Å². The van der Waals surface area contributed by atoms with Gasteiger partial charge in [0.1, 0.15) is 0 Å². The molecular formula is C15H19ClN4O3. The molecular weight excluding hydrogens is 320 g/mol. The lowest BCUT2D eigenvalue weighted by molar-refractivity contribution is 0.363. The summed E-state index contributed by atoms with van der Waals surface area (Å²) in [6.45, 7) is 2.49. The minimum absolute atomic E-state index is 0. The summed E-state index contributed by atoms with van der Waals surface area (Å²) >= 11 is 0. The molecule has 1 unspecified atom stereocenters. The molecule has 0 aliphatic heterocycles. The number of fused-ring (bicyclic) bond motifs is 1. The van der Waals surface area contributed by atoms with Gasteiger partial charge in [-0.15, -0.1) is 12.4 Å². The molecule has 0 spiro atoms. The van der Waals surface area contributed by atoms with Crippen molar-refractivity contribution < 1.29 is 8.94 Å². The predicted octanol–water partition coefficient (Wildman–Crippen LogP) is 1.79. The summed E-state index contributed by atoms with van der Waals surface area (Å²) in [6.07, 6.45) is 1.19. The second-order valence-electron chi connectivity index (χ2n) is 5.24. The highest BCUT2D eigenvalue weighted by atomic mass is 35.5. The molecule has 1 atom stereocenters. The Morgan fingerprint density at radius 2 is 2.13 bits per heavy atom. The Bertz CT molecular complexity index is 823. The third kappa shape index (κ3) is 3.80. The van der Waals surface area contributed by atoms with E-state index in [0.29, 0.717) is 36.7 Å². The maximum atomic E-state index is 11.9. The quantitative estimate of drug-likeness (QED) is 0.737. The van der Waals surface area contributed by atoms with Crippen molar-refractivity contribution in [3.63, 3.8) is 0 Å². The molecule has 0 amide bonds. The van der Waals surface area contributed by atoms with Crippen LogP contribution in [0.1, 0.15) is 18.6 Å². The van der Waals surface area contributed by atoms with Crippen molar-refractivity contribution in [2.45, 2.75) is 32.4 Å². The first-order valence-electron chi connectivity index (χ1n) is 7.24. The number of para-hydroxylation sites is 2. The first-order valence-corrected chi connectivity index (χ1v) is 7.24. The molecule has 3 aromatic rings. The Morgan fingerprint density at radius 1 is 1.35 bits per heavy atom. The Morgan fingerprint density at radius 3 is 2.91 bits per heavy atom. The zero-order valence-electron chi connectivity index (χ0n) is 13.0. The summed E-state index contributed by atoms with van der Waals surface area (Å²) in [5.74, 6) is 0.821. The number of aryl methyl sites for hydroxylation is 2. The van der Waals surface area contributed by atoms with Crippen molar-refractivity contribution in [1.82, 2.24) is 20.0 Å². The van der Waals surface area contributed by atoms with Gasteiger partial charge in [0.05, 0.1) is 5.52 Å². The van der Waals surface area contributed by atoms with Crippen LogP contribution in [0, 0.1) is 0 Å². The fourth-order valence-electron chi connectivity index (χ4n) is 2.28. The number of aromatic nitrogens is 3. The number of halogens is 1. The highest BCUT2D eigenvalue weighted by Gasteiger charge is 2.12. The van der Waals surface area contributed by atoms with Crippen molar-refractivity contribution in [3.05, 3.63) is 46.5 Å². The van der Waals surface area contributed by atoms with E-state index < -0.39 is 0 Å². The van der Waals surface area contributed by atoms with Crippen LogP contribution in [-0.4, -0.2) is 27.8 Å². The van der Waals surface area contributed by atoms with Gasteiger partial charge in [-0.05, 0) is 26.1 Å². The van der Waals surface area contributed by atoms with Gasteiger partial charge in [0, 0.05) is 25.4 Å². The smallest absolute Gasteiger partial charge is 0.408 e. The second-order valence-corrected chi connectivity index (χ2v) is 5.24. The zero-order chi connectivity index (χ0) is 15.5. The van der Waals surface area contributed by atoms with Crippen LogP contribution in [0.4, 0.5) is 0 Å². The van der Waals surface area contributed by atoms with E-state index >= 15 is 0 Å². The fraction of sp³-hybridized carbons (Fsp3) is 0.400. The fourth-order valence-corrected chi connectivity index (χ4v) is 2.28. The summed E-state index contributed by atoms with van der Waals surface area (Å²) in [4.78, 5) is 16.2. The van der Waals surface area contributed by atoms with Crippen LogP contribution < -0.4 is 11.1 Å². The third-order valence-electron chi connectivity index (χ3n) is 3.61. The van der Waals surface area contributed by atoms with E-state index in [1.165, 1.54) is 0 Å². The number of hydrogen-bond donors (Lipinski definition) is 1. The molecule has 0 aliphatic carbocycles. The molecule has 0 fully saturated rings. The molecule has 124 valence electrons. The normalized spacial score (nSPS) is 12.3. The molecule has 2 heterocycles. The minimum atomic E-state index is -0.371. The molecule has 1 N–H and O–H groups in total. The maximum Gasteiger partial charge on any atom is 0.419 e. The summed E-state index contributed by atoms with van der Waals surface area (Å²) in [6, 6.07) is 7.62. The molecule has 2 aromatic heterocycles. The van der Waals surface area contributed by atoms with E-state index in [1.807, 2.05) is 32.2 Å². The van der Waals surface area contributed by atoms with Gasteiger partial charge in [0.2, 0.25) is 5.89 Å². The number of likely N-dealkylation sites (N-methyl/N-ethyl adjacent to an activating group) is 1. The van der Waals surface area contributed by atoms with Crippen LogP contribution in [0.3, 0.4) is 0 Å². The topological polar surface area (TPSA) is 86.1 Å². The first-order chi connectivity index (χ1) is 10.7. The molecule has 3 rings (SSSR count). The zero-order valence-corrected chi connectivity index (χ0v) is 13.8. The second kappa shape index (κ2) is 7.43. The summed E-state index contributed by atoms with van der Waals surface area (Å²) in [5.41, 5.74) is 1.36. The minimum Gasteiger partial charge on any atom is -0.408 e. The highest BCUT2D eigenvalue weighted by molar-refractivity contribution is 5.85. The molecule has 1 aromatic carbocycles. The van der Waals surface area contributed by atoms with Gasteiger partial charge in [-0.3, -0.25) is 4.57 Å². The van der Waals surface area contributed by atoms with Crippen molar-refractivity contribution in [3.8, 4) is 0 Å². The van der Waals surface area contributed by atoms with Gasteiger partial charge in [-0.2, -0.15) is 4.98 Å². The third-order valence-corrected chi connectivity index (χ3v) is 3.61. The molecule has 0 saturated carbocycles. The van der Waals surface area contributed by atoms with Crippen LogP contribution in [0.25, 0.3) is 11.1 Å². The average molecular weight is 339 g/mol. The van der Waals surface area contributed by atoms with Gasteiger partial charge < -0.3 is 14.3 Å².